The zero-order valence-corrected chi connectivity index (χ0v) is 5.55. The maximum Gasteiger partial charge on any atom is 0.261 e. The maximum atomic E-state index is 10.0. The van der Waals surface area contributed by atoms with Gasteiger partial charge in [-0.1, -0.05) is 6.92 Å². The summed E-state index contributed by atoms with van der Waals surface area (Å²) in [6, 6.07) is 0. The van der Waals surface area contributed by atoms with Gasteiger partial charge in [0.15, 0.2) is 0 Å². The first-order valence-corrected chi connectivity index (χ1v) is 2.73. The van der Waals surface area contributed by atoms with E-state index in [1.165, 1.54) is 6.20 Å². The molecule has 0 aromatic heterocycles. The molecule has 0 aromatic carbocycles. The topological polar surface area (TPSA) is 55.2 Å². The summed E-state index contributed by atoms with van der Waals surface area (Å²) in [7, 11) is 1.64. The zero-order valence-electron chi connectivity index (χ0n) is 5.55. The van der Waals surface area contributed by atoms with Crippen LogP contribution in [0.15, 0.2) is 11.9 Å². The maximum absolute atomic E-state index is 10.0. The molecular formula is C5H10N2O2. The lowest BCUT2D eigenvalue weighted by Gasteiger charge is -1.91. The average molecular weight is 130 g/mol. The summed E-state index contributed by atoms with van der Waals surface area (Å²) < 4.78 is 0. The number of allylic oxidation sites excluding steroid dienone is 1. The molecule has 9 heavy (non-hydrogen) atoms. The minimum Gasteiger partial charge on any atom is -0.389 e. The Balaban J connectivity index is 3.98. The molecule has 0 amide bonds. The van der Waals surface area contributed by atoms with Gasteiger partial charge in [0.05, 0.1) is 11.1 Å². The van der Waals surface area contributed by atoms with Crippen molar-refractivity contribution in [3.63, 3.8) is 0 Å². The van der Waals surface area contributed by atoms with Gasteiger partial charge in [-0.15, -0.1) is 0 Å². The number of rotatable bonds is 3. The molecular weight excluding hydrogens is 120 g/mol. The molecule has 0 aliphatic carbocycles. The zero-order chi connectivity index (χ0) is 7.28. The summed E-state index contributed by atoms with van der Waals surface area (Å²) >= 11 is 0. The smallest absolute Gasteiger partial charge is 0.261 e. The molecule has 0 fully saturated rings. The van der Waals surface area contributed by atoms with E-state index in [1.807, 2.05) is 0 Å². The Morgan fingerprint density at radius 1 is 1.89 bits per heavy atom. The van der Waals surface area contributed by atoms with Crippen LogP contribution in [0.3, 0.4) is 0 Å². The highest BCUT2D eigenvalue weighted by Crippen LogP contribution is 1.97. The van der Waals surface area contributed by atoms with Crippen molar-refractivity contribution in [1.29, 1.82) is 0 Å². The van der Waals surface area contributed by atoms with Crippen LogP contribution in [0.4, 0.5) is 0 Å². The summed E-state index contributed by atoms with van der Waals surface area (Å²) in [6.45, 7) is 1.74. The Hall–Kier alpha value is -1.06. The van der Waals surface area contributed by atoms with E-state index in [-0.39, 0.29) is 5.70 Å². The van der Waals surface area contributed by atoms with E-state index in [9.17, 15) is 10.1 Å². The molecule has 0 aromatic rings. The summed E-state index contributed by atoms with van der Waals surface area (Å²) in [5, 5.41) is 12.6. The molecule has 1 N–H and O–H groups in total. The summed E-state index contributed by atoms with van der Waals surface area (Å²) in [5.41, 5.74) is 0.206. The van der Waals surface area contributed by atoms with Gasteiger partial charge in [-0.2, -0.15) is 0 Å². The van der Waals surface area contributed by atoms with Crippen molar-refractivity contribution in [2.24, 2.45) is 0 Å². The van der Waals surface area contributed by atoms with Gasteiger partial charge in [0.25, 0.3) is 5.70 Å². The highest BCUT2D eigenvalue weighted by atomic mass is 16.6. The fraction of sp³-hybridized carbons (Fsp3) is 0.600. The van der Waals surface area contributed by atoms with Gasteiger partial charge in [-0.05, 0) is 0 Å². The predicted octanol–water partition coefficient (Wildman–Crippen LogP) is 0.734. The van der Waals surface area contributed by atoms with Crippen molar-refractivity contribution < 1.29 is 4.92 Å². The monoisotopic (exact) mass is 130 g/mol. The van der Waals surface area contributed by atoms with E-state index in [0.717, 1.165) is 0 Å². The Labute approximate surface area is 53.7 Å². The second-order valence-corrected chi connectivity index (χ2v) is 1.54. The third-order valence-electron chi connectivity index (χ3n) is 0.908. The Bertz CT molecular complexity index is 131. The quantitative estimate of drug-likeness (QED) is 0.452. The average Bonchev–Trinajstić information content (AvgIpc) is 1.82. The summed E-state index contributed by atoms with van der Waals surface area (Å²) in [5.74, 6) is 0. The van der Waals surface area contributed by atoms with Gasteiger partial charge in [-0.25, -0.2) is 0 Å². The van der Waals surface area contributed by atoms with E-state index in [1.54, 1.807) is 14.0 Å². The molecule has 4 heteroatoms. The number of nitrogens with zero attached hydrogens (tertiary/aromatic N) is 1. The van der Waals surface area contributed by atoms with Gasteiger partial charge < -0.3 is 5.32 Å². The second-order valence-electron chi connectivity index (χ2n) is 1.54. The lowest BCUT2D eigenvalue weighted by atomic mass is 10.4. The molecule has 0 unspecified atom stereocenters. The third kappa shape index (κ3) is 2.69. The standard InChI is InChI=1S/C5H10N2O2/c1-3-5(4-6-2)7(8)9/h4,6H,3H2,1-2H3/b5-4+. The molecule has 0 saturated heterocycles. The number of nitrogens with one attached hydrogen (secondary N) is 1. The molecule has 0 spiro atoms. The lowest BCUT2D eigenvalue weighted by molar-refractivity contribution is -0.428. The predicted molar refractivity (Wildman–Crippen MR) is 34.4 cm³/mol. The van der Waals surface area contributed by atoms with Crippen molar-refractivity contribution >= 4 is 0 Å². The largest absolute Gasteiger partial charge is 0.389 e. The van der Waals surface area contributed by atoms with E-state index < -0.39 is 4.92 Å². The van der Waals surface area contributed by atoms with Crippen molar-refractivity contribution in [1.82, 2.24) is 5.32 Å². The Morgan fingerprint density at radius 2 is 2.44 bits per heavy atom. The molecule has 4 nitrogen and oxygen atoms in total. The molecule has 52 valence electrons. The first-order chi connectivity index (χ1) is 4.22. The van der Waals surface area contributed by atoms with Crippen LogP contribution in [0.25, 0.3) is 0 Å². The van der Waals surface area contributed by atoms with Crippen molar-refractivity contribution in [2.45, 2.75) is 13.3 Å². The van der Waals surface area contributed by atoms with E-state index in [4.69, 9.17) is 0 Å². The normalized spacial score (nSPS) is 11.1. The molecule has 0 saturated carbocycles. The molecule has 0 rings (SSSR count). The van der Waals surface area contributed by atoms with E-state index >= 15 is 0 Å². The number of hydrogen-bond acceptors (Lipinski definition) is 3. The van der Waals surface area contributed by atoms with Crippen molar-refractivity contribution in [3.8, 4) is 0 Å². The van der Waals surface area contributed by atoms with Gasteiger partial charge in [0, 0.05) is 13.5 Å². The Morgan fingerprint density at radius 3 is 2.56 bits per heavy atom. The van der Waals surface area contributed by atoms with Crippen LogP contribution in [0.5, 0.6) is 0 Å². The van der Waals surface area contributed by atoms with Gasteiger partial charge >= 0.3 is 0 Å². The highest BCUT2D eigenvalue weighted by molar-refractivity contribution is 4.87. The minimum absolute atomic E-state index is 0.206. The third-order valence-corrected chi connectivity index (χ3v) is 0.908. The van der Waals surface area contributed by atoms with Gasteiger partial charge in [0.2, 0.25) is 0 Å². The van der Waals surface area contributed by atoms with E-state index in [2.05, 4.69) is 5.32 Å². The van der Waals surface area contributed by atoms with Gasteiger partial charge in [-0.3, -0.25) is 10.1 Å². The van der Waals surface area contributed by atoms with Crippen molar-refractivity contribution in [2.75, 3.05) is 7.05 Å². The number of nitro groups is 1. The van der Waals surface area contributed by atoms with Crippen LogP contribution in [0.2, 0.25) is 0 Å². The number of hydrogen-bond donors (Lipinski definition) is 1. The van der Waals surface area contributed by atoms with Crippen LogP contribution in [0.1, 0.15) is 13.3 Å². The fourth-order valence-electron chi connectivity index (χ4n) is 0.450. The lowest BCUT2D eigenvalue weighted by Crippen LogP contribution is -2.03. The van der Waals surface area contributed by atoms with Crippen LogP contribution >= 0.6 is 0 Å². The van der Waals surface area contributed by atoms with E-state index in [0.29, 0.717) is 6.42 Å². The summed E-state index contributed by atoms with van der Waals surface area (Å²) in [4.78, 5) is 9.63. The second kappa shape index (κ2) is 3.88. The molecule has 0 bridgehead atoms. The fourth-order valence-corrected chi connectivity index (χ4v) is 0.450. The van der Waals surface area contributed by atoms with Crippen LogP contribution in [-0.2, 0) is 0 Å². The molecule has 0 aliphatic heterocycles. The molecule has 0 heterocycles. The Kier molecular flexibility index (Phi) is 3.43. The minimum atomic E-state index is -0.392. The van der Waals surface area contributed by atoms with Crippen molar-refractivity contribution in [3.05, 3.63) is 22.0 Å². The van der Waals surface area contributed by atoms with Crippen LogP contribution in [0, 0.1) is 10.1 Å². The summed E-state index contributed by atoms with van der Waals surface area (Å²) in [6.07, 6.45) is 1.84. The van der Waals surface area contributed by atoms with Gasteiger partial charge in [0.1, 0.15) is 0 Å². The molecule has 0 aliphatic rings. The van der Waals surface area contributed by atoms with Crippen LogP contribution < -0.4 is 5.32 Å². The first kappa shape index (κ1) is 7.94. The first-order valence-electron chi connectivity index (χ1n) is 2.73. The molecule has 0 atom stereocenters. The SMILES string of the molecule is CC/C(=C\NC)[N+](=O)[O-]. The highest BCUT2D eigenvalue weighted by Gasteiger charge is 2.03. The molecule has 0 radical (unpaired) electrons. The van der Waals surface area contributed by atoms with Crippen LogP contribution in [-0.4, -0.2) is 12.0 Å².